The van der Waals surface area contributed by atoms with Gasteiger partial charge in [-0.2, -0.15) is 0 Å². The predicted octanol–water partition coefficient (Wildman–Crippen LogP) is 3.83. The third kappa shape index (κ3) is 12.2. The van der Waals surface area contributed by atoms with Crippen LogP contribution in [0, 0.1) is 0 Å². The summed E-state index contributed by atoms with van der Waals surface area (Å²) < 4.78 is 0. The fourth-order valence-electron chi connectivity index (χ4n) is 2.13. The topological polar surface area (TPSA) is 23.5 Å². The zero-order valence-electron chi connectivity index (χ0n) is 12.2. The molecule has 2 nitrogen and oxygen atoms in total. The number of unbranched alkanes of at least 4 members (excludes halogenated alkanes) is 6. The molecule has 0 saturated carbocycles. The predicted molar refractivity (Wildman–Crippen MR) is 76.4 cm³/mol. The second-order valence-corrected chi connectivity index (χ2v) is 5.33. The van der Waals surface area contributed by atoms with E-state index in [2.05, 4.69) is 25.8 Å². The molecule has 17 heavy (non-hydrogen) atoms. The largest absolute Gasteiger partial charge is 0.392 e. The number of nitrogens with zero attached hydrogens (tertiary/aromatic N) is 1. The van der Waals surface area contributed by atoms with Gasteiger partial charge in [0.1, 0.15) is 0 Å². The first-order valence-corrected chi connectivity index (χ1v) is 7.57. The summed E-state index contributed by atoms with van der Waals surface area (Å²) in [4.78, 5) is 2.26. The van der Waals surface area contributed by atoms with Gasteiger partial charge in [-0.3, -0.25) is 0 Å². The van der Waals surface area contributed by atoms with Crippen molar-refractivity contribution in [3.8, 4) is 0 Å². The standard InChI is InChI=1S/C15H33NO/c1-4-6-8-9-10-11-12-15(17)14-16(3)13-7-5-2/h15,17H,4-14H2,1-3H3. The van der Waals surface area contributed by atoms with Crippen molar-refractivity contribution in [3.63, 3.8) is 0 Å². The van der Waals surface area contributed by atoms with E-state index in [4.69, 9.17) is 0 Å². The molecule has 0 spiro atoms. The van der Waals surface area contributed by atoms with Crippen molar-refractivity contribution in [2.75, 3.05) is 20.1 Å². The van der Waals surface area contributed by atoms with E-state index in [-0.39, 0.29) is 6.10 Å². The molecular formula is C15H33NO. The lowest BCUT2D eigenvalue weighted by molar-refractivity contribution is 0.114. The third-order valence-corrected chi connectivity index (χ3v) is 3.31. The minimum atomic E-state index is -0.122. The van der Waals surface area contributed by atoms with Gasteiger partial charge in [-0.25, -0.2) is 0 Å². The molecule has 0 aromatic rings. The number of aliphatic hydroxyl groups excluding tert-OH is 1. The molecule has 1 unspecified atom stereocenters. The summed E-state index contributed by atoms with van der Waals surface area (Å²) in [6.07, 6.45) is 11.2. The number of likely N-dealkylation sites (N-methyl/N-ethyl adjacent to an activating group) is 1. The summed E-state index contributed by atoms with van der Waals surface area (Å²) in [7, 11) is 2.11. The first kappa shape index (κ1) is 16.9. The summed E-state index contributed by atoms with van der Waals surface area (Å²) in [5, 5.41) is 9.88. The van der Waals surface area contributed by atoms with Crippen molar-refractivity contribution in [2.45, 2.75) is 77.7 Å². The molecular weight excluding hydrogens is 210 g/mol. The van der Waals surface area contributed by atoms with Crippen LogP contribution in [0.2, 0.25) is 0 Å². The molecule has 0 fully saturated rings. The Kier molecular flexibility index (Phi) is 12.3. The van der Waals surface area contributed by atoms with Gasteiger partial charge in [0.15, 0.2) is 0 Å². The molecule has 0 radical (unpaired) electrons. The Hall–Kier alpha value is -0.0800. The van der Waals surface area contributed by atoms with E-state index in [1.807, 2.05) is 0 Å². The molecule has 0 aromatic carbocycles. The van der Waals surface area contributed by atoms with Gasteiger partial charge in [-0.05, 0) is 26.4 Å². The van der Waals surface area contributed by atoms with Gasteiger partial charge in [-0.1, -0.05) is 58.8 Å². The molecule has 0 aliphatic rings. The van der Waals surface area contributed by atoms with Gasteiger partial charge in [0.2, 0.25) is 0 Å². The van der Waals surface area contributed by atoms with Crippen molar-refractivity contribution in [2.24, 2.45) is 0 Å². The molecule has 0 amide bonds. The van der Waals surface area contributed by atoms with Crippen molar-refractivity contribution in [1.29, 1.82) is 0 Å². The van der Waals surface area contributed by atoms with Crippen molar-refractivity contribution >= 4 is 0 Å². The fraction of sp³-hybridized carbons (Fsp3) is 1.00. The number of aliphatic hydroxyl groups is 1. The Morgan fingerprint density at radius 3 is 2.12 bits per heavy atom. The minimum Gasteiger partial charge on any atom is -0.392 e. The van der Waals surface area contributed by atoms with E-state index in [0.29, 0.717) is 0 Å². The van der Waals surface area contributed by atoms with Gasteiger partial charge >= 0.3 is 0 Å². The molecule has 104 valence electrons. The Balaban J connectivity index is 3.30. The van der Waals surface area contributed by atoms with Crippen LogP contribution in [-0.4, -0.2) is 36.2 Å². The van der Waals surface area contributed by atoms with E-state index in [1.165, 1.54) is 51.4 Å². The highest BCUT2D eigenvalue weighted by Crippen LogP contribution is 2.09. The third-order valence-electron chi connectivity index (χ3n) is 3.31. The molecule has 2 heteroatoms. The molecule has 0 bridgehead atoms. The van der Waals surface area contributed by atoms with Crippen LogP contribution in [-0.2, 0) is 0 Å². The second-order valence-electron chi connectivity index (χ2n) is 5.33. The van der Waals surface area contributed by atoms with Crippen LogP contribution in [0.15, 0.2) is 0 Å². The molecule has 0 aliphatic heterocycles. The maximum Gasteiger partial charge on any atom is 0.0667 e. The average Bonchev–Trinajstić information content (AvgIpc) is 2.31. The smallest absolute Gasteiger partial charge is 0.0667 e. The summed E-state index contributed by atoms with van der Waals surface area (Å²) in [5.74, 6) is 0. The highest BCUT2D eigenvalue weighted by Gasteiger charge is 2.07. The monoisotopic (exact) mass is 243 g/mol. The summed E-state index contributed by atoms with van der Waals surface area (Å²) in [6, 6.07) is 0. The Morgan fingerprint density at radius 2 is 1.47 bits per heavy atom. The van der Waals surface area contributed by atoms with E-state index < -0.39 is 0 Å². The summed E-state index contributed by atoms with van der Waals surface area (Å²) in [5.41, 5.74) is 0. The Bertz CT molecular complexity index is 150. The maximum atomic E-state index is 9.88. The highest BCUT2D eigenvalue weighted by molar-refractivity contribution is 4.61. The van der Waals surface area contributed by atoms with Gasteiger partial charge in [-0.15, -0.1) is 0 Å². The van der Waals surface area contributed by atoms with Crippen LogP contribution >= 0.6 is 0 Å². The molecule has 0 heterocycles. The quantitative estimate of drug-likeness (QED) is 0.527. The minimum absolute atomic E-state index is 0.122. The van der Waals surface area contributed by atoms with Crippen LogP contribution in [0.1, 0.15) is 71.6 Å². The van der Waals surface area contributed by atoms with Crippen LogP contribution in [0.25, 0.3) is 0 Å². The Labute approximate surface area is 108 Å². The first-order valence-electron chi connectivity index (χ1n) is 7.57. The fourth-order valence-corrected chi connectivity index (χ4v) is 2.13. The molecule has 0 aromatic heterocycles. The van der Waals surface area contributed by atoms with Gasteiger partial charge in [0.25, 0.3) is 0 Å². The van der Waals surface area contributed by atoms with Gasteiger partial charge in [0, 0.05) is 6.54 Å². The van der Waals surface area contributed by atoms with E-state index in [1.54, 1.807) is 0 Å². The lowest BCUT2D eigenvalue weighted by atomic mass is 10.1. The second kappa shape index (κ2) is 12.4. The molecule has 0 aliphatic carbocycles. The Morgan fingerprint density at radius 1 is 0.882 bits per heavy atom. The van der Waals surface area contributed by atoms with Crippen LogP contribution in [0.5, 0.6) is 0 Å². The number of hydrogen-bond acceptors (Lipinski definition) is 2. The van der Waals surface area contributed by atoms with Crippen LogP contribution in [0.4, 0.5) is 0 Å². The molecule has 0 saturated heterocycles. The zero-order valence-corrected chi connectivity index (χ0v) is 12.2. The van der Waals surface area contributed by atoms with Crippen LogP contribution < -0.4 is 0 Å². The normalized spacial score (nSPS) is 13.2. The zero-order chi connectivity index (χ0) is 12.9. The average molecular weight is 243 g/mol. The first-order chi connectivity index (χ1) is 8.20. The van der Waals surface area contributed by atoms with Crippen molar-refractivity contribution < 1.29 is 5.11 Å². The van der Waals surface area contributed by atoms with Crippen molar-refractivity contribution in [3.05, 3.63) is 0 Å². The van der Waals surface area contributed by atoms with Gasteiger partial charge in [0.05, 0.1) is 6.10 Å². The maximum absolute atomic E-state index is 9.88. The SMILES string of the molecule is CCCCCCCCC(O)CN(C)CCCC. The van der Waals surface area contributed by atoms with E-state index >= 15 is 0 Å². The van der Waals surface area contributed by atoms with E-state index in [9.17, 15) is 5.11 Å². The van der Waals surface area contributed by atoms with Gasteiger partial charge < -0.3 is 10.0 Å². The number of hydrogen-bond donors (Lipinski definition) is 1. The lowest BCUT2D eigenvalue weighted by Gasteiger charge is -2.20. The molecule has 1 N–H and O–H groups in total. The van der Waals surface area contributed by atoms with E-state index in [0.717, 1.165) is 19.5 Å². The summed E-state index contributed by atoms with van der Waals surface area (Å²) in [6.45, 7) is 6.41. The molecule has 1 atom stereocenters. The van der Waals surface area contributed by atoms with Crippen molar-refractivity contribution in [1.82, 2.24) is 4.90 Å². The summed E-state index contributed by atoms with van der Waals surface area (Å²) >= 11 is 0. The lowest BCUT2D eigenvalue weighted by Crippen LogP contribution is -2.29. The van der Waals surface area contributed by atoms with Crippen LogP contribution in [0.3, 0.4) is 0 Å². The number of rotatable bonds is 12. The molecule has 0 rings (SSSR count). The highest BCUT2D eigenvalue weighted by atomic mass is 16.3.